The van der Waals surface area contributed by atoms with Crippen LogP contribution in [0.2, 0.25) is 0 Å². The third-order valence-electron chi connectivity index (χ3n) is 3.88. The highest BCUT2D eigenvalue weighted by Crippen LogP contribution is 2.26. The summed E-state index contributed by atoms with van der Waals surface area (Å²) in [5, 5.41) is 2.82. The van der Waals surface area contributed by atoms with Gasteiger partial charge in [0.25, 0.3) is 0 Å². The van der Waals surface area contributed by atoms with Crippen molar-refractivity contribution in [2.75, 3.05) is 7.05 Å². The van der Waals surface area contributed by atoms with Gasteiger partial charge >= 0.3 is 12.2 Å². The molecule has 1 aromatic carbocycles. The Kier molecular flexibility index (Phi) is 5.70. The van der Waals surface area contributed by atoms with Crippen LogP contribution in [-0.2, 0) is 16.1 Å². The van der Waals surface area contributed by atoms with Gasteiger partial charge in [-0.2, -0.15) is 0 Å². The Morgan fingerprint density at radius 3 is 2.42 bits per heavy atom. The van der Waals surface area contributed by atoms with Crippen LogP contribution in [0.4, 0.5) is 9.59 Å². The van der Waals surface area contributed by atoms with E-state index in [0.717, 1.165) is 5.56 Å². The van der Waals surface area contributed by atoms with Gasteiger partial charge < -0.3 is 19.7 Å². The molecule has 6 heteroatoms. The molecule has 24 heavy (non-hydrogen) atoms. The van der Waals surface area contributed by atoms with Gasteiger partial charge in [0, 0.05) is 19.1 Å². The van der Waals surface area contributed by atoms with Crippen molar-refractivity contribution in [3.05, 3.63) is 35.9 Å². The minimum absolute atomic E-state index is 0.0307. The molecular formula is C18H26N2O4. The molecule has 1 aromatic rings. The normalized spacial score (nSPS) is 19.8. The second-order valence-corrected chi connectivity index (χ2v) is 7.12. The lowest BCUT2D eigenvalue weighted by atomic mass is 9.86. The second kappa shape index (κ2) is 7.55. The molecule has 0 radical (unpaired) electrons. The van der Waals surface area contributed by atoms with Crippen LogP contribution in [0.1, 0.15) is 39.2 Å². The molecular weight excluding hydrogens is 308 g/mol. The summed E-state index contributed by atoms with van der Waals surface area (Å²) in [5.41, 5.74) is 0.442. The predicted octanol–water partition coefficient (Wildman–Crippen LogP) is 3.31. The van der Waals surface area contributed by atoms with Gasteiger partial charge in [-0.05, 0) is 39.2 Å². The number of nitrogens with zero attached hydrogens (tertiary/aromatic N) is 1. The third-order valence-corrected chi connectivity index (χ3v) is 3.88. The summed E-state index contributed by atoms with van der Waals surface area (Å²) in [6.45, 7) is 5.77. The zero-order valence-electron chi connectivity index (χ0n) is 14.7. The van der Waals surface area contributed by atoms with E-state index in [9.17, 15) is 9.59 Å². The van der Waals surface area contributed by atoms with Crippen molar-refractivity contribution < 1.29 is 19.1 Å². The maximum Gasteiger partial charge on any atom is 0.410 e. The fraction of sp³-hybridized carbons (Fsp3) is 0.556. The summed E-state index contributed by atoms with van der Waals surface area (Å²) in [7, 11) is 1.72. The van der Waals surface area contributed by atoms with Crippen molar-refractivity contribution in [1.82, 2.24) is 10.2 Å². The Labute approximate surface area is 143 Å². The highest BCUT2D eigenvalue weighted by atomic mass is 16.6. The summed E-state index contributed by atoms with van der Waals surface area (Å²) in [6.07, 6.45) is 0.645. The van der Waals surface area contributed by atoms with Gasteiger partial charge in [0.15, 0.2) is 0 Å². The van der Waals surface area contributed by atoms with E-state index in [-0.39, 0.29) is 24.8 Å². The van der Waals surface area contributed by atoms with Crippen LogP contribution in [0.25, 0.3) is 0 Å². The average Bonchev–Trinajstić information content (AvgIpc) is 2.47. The van der Waals surface area contributed by atoms with Crippen LogP contribution in [0.15, 0.2) is 30.3 Å². The minimum atomic E-state index is -0.506. The maximum atomic E-state index is 12.0. The van der Waals surface area contributed by atoms with Gasteiger partial charge in [-0.15, -0.1) is 0 Å². The highest BCUT2D eigenvalue weighted by Gasteiger charge is 2.36. The first-order chi connectivity index (χ1) is 11.2. The monoisotopic (exact) mass is 334 g/mol. The van der Waals surface area contributed by atoms with Crippen LogP contribution in [0, 0.1) is 0 Å². The quantitative estimate of drug-likeness (QED) is 0.917. The fourth-order valence-electron chi connectivity index (χ4n) is 2.44. The van der Waals surface area contributed by atoms with Gasteiger partial charge in [-0.1, -0.05) is 30.3 Å². The molecule has 0 aliphatic heterocycles. The molecule has 0 spiro atoms. The second-order valence-electron chi connectivity index (χ2n) is 7.12. The number of carbonyl (C=O) groups is 2. The standard InChI is InChI=1S/C18H26N2O4/c1-18(2,3)24-17(22)20(4)15-10-14(11-15)19-16(21)23-12-13-8-6-5-7-9-13/h5-9,14-15H,10-12H2,1-4H3,(H,19,21). The molecule has 0 saturated heterocycles. The molecule has 1 saturated carbocycles. The summed E-state index contributed by atoms with van der Waals surface area (Å²) >= 11 is 0. The Morgan fingerprint density at radius 2 is 1.83 bits per heavy atom. The minimum Gasteiger partial charge on any atom is -0.445 e. The number of amides is 2. The number of carbonyl (C=O) groups excluding carboxylic acids is 2. The van der Waals surface area contributed by atoms with E-state index < -0.39 is 11.7 Å². The summed E-state index contributed by atoms with van der Waals surface area (Å²) in [6, 6.07) is 9.64. The molecule has 0 bridgehead atoms. The first-order valence-corrected chi connectivity index (χ1v) is 8.17. The largest absolute Gasteiger partial charge is 0.445 e. The first-order valence-electron chi connectivity index (χ1n) is 8.17. The Balaban J connectivity index is 1.67. The van der Waals surface area contributed by atoms with Crippen molar-refractivity contribution in [1.29, 1.82) is 0 Å². The van der Waals surface area contributed by atoms with E-state index in [4.69, 9.17) is 9.47 Å². The molecule has 6 nitrogen and oxygen atoms in total. The van der Waals surface area contributed by atoms with Crippen molar-refractivity contribution >= 4 is 12.2 Å². The van der Waals surface area contributed by atoms with Crippen molar-refractivity contribution in [2.45, 2.75) is 57.9 Å². The molecule has 1 N–H and O–H groups in total. The summed E-state index contributed by atoms with van der Waals surface area (Å²) in [4.78, 5) is 25.3. The van der Waals surface area contributed by atoms with Gasteiger partial charge in [-0.3, -0.25) is 0 Å². The number of ether oxygens (including phenoxy) is 2. The fourth-order valence-corrected chi connectivity index (χ4v) is 2.44. The SMILES string of the molecule is CN(C(=O)OC(C)(C)C)C1CC(NC(=O)OCc2ccccc2)C1. The number of alkyl carbamates (subject to hydrolysis) is 1. The average molecular weight is 334 g/mol. The zero-order chi connectivity index (χ0) is 17.7. The van der Waals surface area contributed by atoms with Crippen molar-refractivity contribution in [2.24, 2.45) is 0 Å². The van der Waals surface area contributed by atoms with E-state index >= 15 is 0 Å². The number of rotatable bonds is 4. The highest BCUT2D eigenvalue weighted by molar-refractivity contribution is 5.69. The number of benzene rings is 1. The van der Waals surface area contributed by atoms with E-state index in [1.807, 2.05) is 51.1 Å². The number of hydrogen-bond donors (Lipinski definition) is 1. The summed E-state index contributed by atoms with van der Waals surface area (Å²) in [5.74, 6) is 0. The Hall–Kier alpha value is -2.24. The van der Waals surface area contributed by atoms with Crippen LogP contribution in [0.5, 0.6) is 0 Å². The molecule has 0 unspecified atom stereocenters. The molecule has 2 amide bonds. The number of hydrogen-bond acceptors (Lipinski definition) is 4. The van der Waals surface area contributed by atoms with Crippen molar-refractivity contribution in [3.8, 4) is 0 Å². The first kappa shape index (κ1) is 18.1. The Bertz CT molecular complexity index is 562. The van der Waals surface area contributed by atoms with E-state index in [2.05, 4.69) is 5.32 Å². The summed E-state index contributed by atoms with van der Waals surface area (Å²) < 4.78 is 10.5. The van der Waals surface area contributed by atoms with E-state index in [0.29, 0.717) is 12.8 Å². The van der Waals surface area contributed by atoms with Crippen LogP contribution in [0.3, 0.4) is 0 Å². The molecule has 132 valence electrons. The molecule has 2 rings (SSSR count). The van der Waals surface area contributed by atoms with Crippen LogP contribution < -0.4 is 5.32 Å². The van der Waals surface area contributed by atoms with Gasteiger partial charge in [0.2, 0.25) is 0 Å². The van der Waals surface area contributed by atoms with Crippen molar-refractivity contribution in [3.63, 3.8) is 0 Å². The van der Waals surface area contributed by atoms with Gasteiger partial charge in [-0.25, -0.2) is 9.59 Å². The molecule has 0 heterocycles. The van der Waals surface area contributed by atoms with Gasteiger partial charge in [0.05, 0.1) is 0 Å². The molecule has 0 atom stereocenters. The number of nitrogens with one attached hydrogen (secondary N) is 1. The molecule has 0 aromatic heterocycles. The van der Waals surface area contributed by atoms with E-state index in [1.54, 1.807) is 11.9 Å². The lowest BCUT2D eigenvalue weighted by molar-refractivity contribution is 0.0103. The van der Waals surface area contributed by atoms with E-state index in [1.165, 1.54) is 0 Å². The topological polar surface area (TPSA) is 67.9 Å². The maximum absolute atomic E-state index is 12.0. The lowest BCUT2D eigenvalue weighted by Crippen LogP contribution is -2.54. The Morgan fingerprint density at radius 1 is 1.21 bits per heavy atom. The lowest BCUT2D eigenvalue weighted by Gasteiger charge is -2.41. The molecule has 1 aliphatic carbocycles. The molecule has 1 fully saturated rings. The third kappa shape index (κ3) is 5.44. The predicted molar refractivity (Wildman–Crippen MR) is 90.6 cm³/mol. The molecule has 1 aliphatic rings. The van der Waals surface area contributed by atoms with Crippen LogP contribution in [-0.4, -0.2) is 41.8 Å². The van der Waals surface area contributed by atoms with Crippen LogP contribution >= 0.6 is 0 Å². The zero-order valence-corrected chi connectivity index (χ0v) is 14.7. The smallest absolute Gasteiger partial charge is 0.410 e. The van der Waals surface area contributed by atoms with Gasteiger partial charge in [0.1, 0.15) is 12.2 Å².